The number of nitrogens with zero attached hydrogens (tertiary/aromatic N) is 1. The molecule has 90 valence electrons. The van der Waals surface area contributed by atoms with Gasteiger partial charge in [-0.05, 0) is 31.1 Å². The maximum atomic E-state index is 12.0. The number of carbonyl (C=O) groups excluding carboxylic acids is 1. The van der Waals surface area contributed by atoms with Gasteiger partial charge >= 0.3 is 5.97 Å². The van der Waals surface area contributed by atoms with E-state index in [4.69, 9.17) is 5.11 Å². The summed E-state index contributed by atoms with van der Waals surface area (Å²) in [4.78, 5) is 25.7. The lowest BCUT2D eigenvalue weighted by atomic mass is 10.3. The van der Waals surface area contributed by atoms with Gasteiger partial charge in [-0.15, -0.1) is 11.3 Å². The van der Waals surface area contributed by atoms with Gasteiger partial charge in [0.1, 0.15) is 0 Å². The van der Waals surface area contributed by atoms with E-state index in [2.05, 4.69) is 0 Å². The molecule has 1 aromatic rings. The van der Waals surface area contributed by atoms with Gasteiger partial charge in [0, 0.05) is 24.0 Å². The van der Waals surface area contributed by atoms with Crippen molar-refractivity contribution < 1.29 is 14.7 Å². The minimum absolute atomic E-state index is 0.0578. The van der Waals surface area contributed by atoms with Gasteiger partial charge in [0.05, 0.1) is 4.88 Å². The number of thiophene rings is 1. The third kappa shape index (κ3) is 2.94. The molecule has 5 heteroatoms. The second-order valence-corrected chi connectivity index (χ2v) is 4.99. The van der Waals surface area contributed by atoms with Crippen molar-refractivity contribution in [1.82, 2.24) is 4.90 Å². The predicted molar refractivity (Wildman–Crippen MR) is 66.1 cm³/mol. The maximum absolute atomic E-state index is 12.0. The summed E-state index contributed by atoms with van der Waals surface area (Å²) < 4.78 is 0. The van der Waals surface area contributed by atoms with Gasteiger partial charge in [-0.25, -0.2) is 4.79 Å². The SMILES string of the molecule is O=C(O)C=Cc1ccc(C(=O)N2CCCC2)s1. The van der Waals surface area contributed by atoms with Crippen LogP contribution in [0, 0.1) is 0 Å². The van der Waals surface area contributed by atoms with E-state index >= 15 is 0 Å². The molecule has 1 aromatic heterocycles. The first-order valence-electron chi connectivity index (χ1n) is 5.47. The minimum Gasteiger partial charge on any atom is -0.478 e. The van der Waals surface area contributed by atoms with Crippen LogP contribution in [0.2, 0.25) is 0 Å². The van der Waals surface area contributed by atoms with Crippen LogP contribution >= 0.6 is 11.3 Å². The Hall–Kier alpha value is -1.62. The number of carboxylic acid groups (broad SMARTS) is 1. The molecule has 0 radical (unpaired) electrons. The number of amides is 1. The summed E-state index contributed by atoms with van der Waals surface area (Å²) in [5.41, 5.74) is 0. The smallest absolute Gasteiger partial charge is 0.328 e. The van der Waals surface area contributed by atoms with E-state index in [1.807, 2.05) is 4.90 Å². The highest BCUT2D eigenvalue weighted by Gasteiger charge is 2.20. The Morgan fingerprint density at radius 3 is 2.65 bits per heavy atom. The second kappa shape index (κ2) is 5.14. The Bertz CT molecular complexity index is 458. The van der Waals surface area contributed by atoms with E-state index in [0.717, 1.165) is 36.9 Å². The summed E-state index contributed by atoms with van der Waals surface area (Å²) in [6, 6.07) is 3.53. The molecule has 2 rings (SSSR count). The molecule has 2 heterocycles. The lowest BCUT2D eigenvalue weighted by Crippen LogP contribution is -2.26. The number of likely N-dealkylation sites (tertiary alicyclic amines) is 1. The van der Waals surface area contributed by atoms with Crippen molar-refractivity contribution in [3.05, 3.63) is 28.0 Å². The van der Waals surface area contributed by atoms with Gasteiger partial charge in [0.25, 0.3) is 5.91 Å². The van der Waals surface area contributed by atoms with E-state index in [9.17, 15) is 9.59 Å². The average molecular weight is 251 g/mol. The number of hydrogen-bond acceptors (Lipinski definition) is 3. The first-order valence-corrected chi connectivity index (χ1v) is 6.28. The molecule has 0 saturated carbocycles. The normalized spacial score (nSPS) is 15.6. The second-order valence-electron chi connectivity index (χ2n) is 3.87. The zero-order chi connectivity index (χ0) is 12.3. The van der Waals surface area contributed by atoms with Crippen molar-refractivity contribution in [3.8, 4) is 0 Å². The zero-order valence-electron chi connectivity index (χ0n) is 9.26. The Labute approximate surface area is 103 Å². The Balaban J connectivity index is 2.07. The molecule has 1 fully saturated rings. The highest BCUT2D eigenvalue weighted by Crippen LogP contribution is 2.21. The van der Waals surface area contributed by atoms with Gasteiger partial charge in [-0.3, -0.25) is 4.79 Å². The molecular weight excluding hydrogens is 238 g/mol. The number of aliphatic carboxylic acids is 1. The van der Waals surface area contributed by atoms with Crippen LogP contribution in [0.3, 0.4) is 0 Å². The Morgan fingerprint density at radius 1 is 1.29 bits per heavy atom. The van der Waals surface area contributed by atoms with Gasteiger partial charge in [-0.2, -0.15) is 0 Å². The van der Waals surface area contributed by atoms with Gasteiger partial charge in [-0.1, -0.05) is 0 Å². The third-order valence-electron chi connectivity index (χ3n) is 2.62. The number of carbonyl (C=O) groups is 2. The van der Waals surface area contributed by atoms with Crippen molar-refractivity contribution in [3.63, 3.8) is 0 Å². The van der Waals surface area contributed by atoms with Crippen LogP contribution in [0.15, 0.2) is 18.2 Å². The number of hydrogen-bond donors (Lipinski definition) is 1. The van der Waals surface area contributed by atoms with Crippen LogP contribution in [0.5, 0.6) is 0 Å². The quantitative estimate of drug-likeness (QED) is 0.837. The highest BCUT2D eigenvalue weighted by atomic mass is 32.1. The number of rotatable bonds is 3. The van der Waals surface area contributed by atoms with E-state index in [1.54, 1.807) is 12.1 Å². The Kier molecular flexibility index (Phi) is 3.58. The van der Waals surface area contributed by atoms with Gasteiger partial charge in [0.15, 0.2) is 0 Å². The molecule has 0 spiro atoms. The van der Waals surface area contributed by atoms with Crippen LogP contribution in [0.1, 0.15) is 27.4 Å². The maximum Gasteiger partial charge on any atom is 0.328 e. The summed E-state index contributed by atoms with van der Waals surface area (Å²) in [5.74, 6) is -0.923. The molecule has 17 heavy (non-hydrogen) atoms. The zero-order valence-corrected chi connectivity index (χ0v) is 10.1. The van der Waals surface area contributed by atoms with E-state index < -0.39 is 5.97 Å². The molecule has 0 aromatic carbocycles. The molecule has 0 bridgehead atoms. The molecule has 4 nitrogen and oxygen atoms in total. The average Bonchev–Trinajstić information content (AvgIpc) is 2.97. The molecule has 1 amide bonds. The number of carboxylic acids is 1. The molecule has 1 saturated heterocycles. The molecule has 1 aliphatic heterocycles. The summed E-state index contributed by atoms with van der Waals surface area (Å²) in [7, 11) is 0. The van der Waals surface area contributed by atoms with Crippen LogP contribution in [-0.2, 0) is 4.79 Å². The molecule has 0 atom stereocenters. The van der Waals surface area contributed by atoms with E-state index in [1.165, 1.54) is 17.4 Å². The fraction of sp³-hybridized carbons (Fsp3) is 0.333. The topological polar surface area (TPSA) is 57.6 Å². The minimum atomic E-state index is -0.981. The van der Waals surface area contributed by atoms with E-state index in [-0.39, 0.29) is 5.91 Å². The fourth-order valence-electron chi connectivity index (χ4n) is 1.79. The lowest BCUT2D eigenvalue weighted by Gasteiger charge is -2.13. The first-order chi connectivity index (χ1) is 8.16. The first kappa shape index (κ1) is 11.9. The standard InChI is InChI=1S/C12H13NO3S/c14-11(15)6-4-9-3-5-10(17-9)12(16)13-7-1-2-8-13/h3-6H,1-2,7-8H2,(H,14,15). The predicted octanol–water partition coefficient (Wildman–Crippen LogP) is 2.08. The van der Waals surface area contributed by atoms with Crippen LogP contribution in [-0.4, -0.2) is 35.0 Å². The fourth-order valence-corrected chi connectivity index (χ4v) is 2.67. The van der Waals surface area contributed by atoms with Crippen molar-refractivity contribution in [2.45, 2.75) is 12.8 Å². The van der Waals surface area contributed by atoms with Crippen molar-refractivity contribution in [2.75, 3.05) is 13.1 Å². The van der Waals surface area contributed by atoms with Crippen LogP contribution < -0.4 is 0 Å². The van der Waals surface area contributed by atoms with Gasteiger partial charge < -0.3 is 10.0 Å². The largest absolute Gasteiger partial charge is 0.478 e. The summed E-state index contributed by atoms with van der Waals surface area (Å²) in [5, 5.41) is 8.51. The summed E-state index contributed by atoms with van der Waals surface area (Å²) >= 11 is 1.33. The summed E-state index contributed by atoms with van der Waals surface area (Å²) in [6.07, 6.45) is 4.73. The molecule has 1 N–H and O–H groups in total. The summed E-state index contributed by atoms with van der Waals surface area (Å²) in [6.45, 7) is 1.66. The van der Waals surface area contributed by atoms with Crippen molar-refractivity contribution in [1.29, 1.82) is 0 Å². The molecule has 0 unspecified atom stereocenters. The van der Waals surface area contributed by atoms with Crippen LogP contribution in [0.25, 0.3) is 6.08 Å². The van der Waals surface area contributed by atoms with Crippen molar-refractivity contribution >= 4 is 29.3 Å². The Morgan fingerprint density at radius 2 is 2.00 bits per heavy atom. The monoisotopic (exact) mass is 251 g/mol. The van der Waals surface area contributed by atoms with Gasteiger partial charge in [0.2, 0.25) is 0 Å². The molecule has 0 aliphatic carbocycles. The van der Waals surface area contributed by atoms with E-state index in [0.29, 0.717) is 4.88 Å². The molecule has 1 aliphatic rings. The molecular formula is C12H13NO3S. The third-order valence-corrected chi connectivity index (χ3v) is 3.66. The van der Waals surface area contributed by atoms with Crippen molar-refractivity contribution in [2.24, 2.45) is 0 Å². The lowest BCUT2D eigenvalue weighted by molar-refractivity contribution is -0.131. The van der Waals surface area contributed by atoms with Crippen LogP contribution in [0.4, 0.5) is 0 Å². The highest BCUT2D eigenvalue weighted by molar-refractivity contribution is 7.14.